The summed E-state index contributed by atoms with van der Waals surface area (Å²) < 4.78 is 0. The van der Waals surface area contributed by atoms with Crippen molar-refractivity contribution in [3.05, 3.63) is 51.9 Å². The van der Waals surface area contributed by atoms with Crippen molar-refractivity contribution in [2.24, 2.45) is 0 Å². The Morgan fingerprint density at radius 3 is 2.62 bits per heavy atom. The second-order valence-electron chi connectivity index (χ2n) is 7.10. The third kappa shape index (κ3) is 5.88. The molecule has 1 saturated heterocycles. The number of likely N-dealkylation sites (tertiary alicyclic amines) is 1. The lowest BCUT2D eigenvalue weighted by atomic mass is 10.1. The molecule has 5 nitrogen and oxygen atoms in total. The zero-order chi connectivity index (χ0) is 18.4. The molecular weight excluding hydrogens is 344 g/mol. The van der Waals surface area contributed by atoms with Gasteiger partial charge in [0.2, 0.25) is 5.95 Å². The number of nitrogens with one attached hydrogen (secondary N) is 2. The molecule has 0 saturated carbocycles. The Kier molecular flexibility index (Phi) is 6.74. The van der Waals surface area contributed by atoms with Gasteiger partial charge in [-0.15, -0.1) is 0 Å². The average molecular weight is 373 g/mol. The summed E-state index contributed by atoms with van der Waals surface area (Å²) in [6, 6.07) is 9.97. The van der Waals surface area contributed by atoms with E-state index in [4.69, 9.17) is 0 Å². The normalized spacial score (nSPS) is 15.3. The maximum Gasteiger partial charge on any atom is 0.252 e. The first-order valence-electron chi connectivity index (χ1n) is 9.38. The molecule has 1 aromatic heterocycles. The van der Waals surface area contributed by atoms with Gasteiger partial charge in [-0.1, -0.05) is 32.4 Å². The molecule has 0 spiro atoms. The lowest BCUT2D eigenvalue weighted by Crippen LogP contribution is -2.29. The minimum absolute atomic E-state index is 0.122. The summed E-state index contributed by atoms with van der Waals surface area (Å²) in [4.78, 5) is 21.7. The Morgan fingerprint density at radius 1 is 1.19 bits per heavy atom. The van der Waals surface area contributed by atoms with Crippen LogP contribution in [0.2, 0.25) is 0 Å². The van der Waals surface area contributed by atoms with E-state index >= 15 is 0 Å². The minimum Gasteiger partial charge on any atom is -0.326 e. The van der Waals surface area contributed by atoms with Crippen molar-refractivity contribution in [3.8, 4) is 0 Å². The maximum atomic E-state index is 11.9. The van der Waals surface area contributed by atoms with Crippen LogP contribution in [0.3, 0.4) is 0 Å². The van der Waals surface area contributed by atoms with Gasteiger partial charge in [-0.2, -0.15) is 11.8 Å². The number of nitrogens with zero attached hydrogens (tertiary/aromatic N) is 2. The summed E-state index contributed by atoms with van der Waals surface area (Å²) in [5.41, 5.74) is 2.94. The number of aromatic amines is 1. The van der Waals surface area contributed by atoms with Crippen LogP contribution < -0.4 is 10.9 Å². The number of benzene rings is 1. The minimum atomic E-state index is -0.122. The van der Waals surface area contributed by atoms with Gasteiger partial charge in [0.25, 0.3) is 5.56 Å². The summed E-state index contributed by atoms with van der Waals surface area (Å²) in [6.07, 6.45) is 3.98. The SMILES string of the molecule is CC(C)SCc1cc(=O)[nH]c(Nc2ccc(CN3CCCCC3)cc2)n1. The predicted molar refractivity (Wildman–Crippen MR) is 110 cm³/mol. The standard InChI is InChI=1S/C20H28N4OS/c1-15(2)26-14-18-12-19(25)23-20(22-18)21-17-8-6-16(7-9-17)13-24-10-4-3-5-11-24/h6-9,12,15H,3-5,10-11,13-14H2,1-2H3,(H2,21,22,23,25). The van der Waals surface area contributed by atoms with Gasteiger partial charge in [-0.05, 0) is 48.9 Å². The van der Waals surface area contributed by atoms with Crippen molar-refractivity contribution in [2.75, 3.05) is 18.4 Å². The summed E-state index contributed by atoms with van der Waals surface area (Å²) >= 11 is 1.78. The fourth-order valence-corrected chi connectivity index (χ4v) is 3.75. The van der Waals surface area contributed by atoms with E-state index < -0.39 is 0 Å². The zero-order valence-corrected chi connectivity index (χ0v) is 16.4. The van der Waals surface area contributed by atoms with Crippen molar-refractivity contribution >= 4 is 23.4 Å². The number of anilines is 2. The van der Waals surface area contributed by atoms with Crippen molar-refractivity contribution < 1.29 is 0 Å². The molecule has 1 aliphatic rings. The highest BCUT2D eigenvalue weighted by atomic mass is 32.2. The van der Waals surface area contributed by atoms with Crippen LogP contribution in [0, 0.1) is 0 Å². The fourth-order valence-electron chi connectivity index (χ4n) is 3.10. The van der Waals surface area contributed by atoms with Gasteiger partial charge in [-0.25, -0.2) is 4.98 Å². The van der Waals surface area contributed by atoms with E-state index in [0.29, 0.717) is 11.2 Å². The van der Waals surface area contributed by atoms with E-state index in [0.717, 1.165) is 23.7 Å². The molecule has 0 unspecified atom stereocenters. The number of rotatable bonds is 7. The third-order valence-electron chi connectivity index (χ3n) is 4.43. The lowest BCUT2D eigenvalue weighted by Gasteiger charge is -2.26. The Bertz CT molecular complexity index is 751. The molecule has 2 aromatic rings. The van der Waals surface area contributed by atoms with Gasteiger partial charge in [0, 0.05) is 24.1 Å². The van der Waals surface area contributed by atoms with Gasteiger partial charge >= 0.3 is 0 Å². The first-order valence-corrected chi connectivity index (χ1v) is 10.4. The zero-order valence-electron chi connectivity index (χ0n) is 15.6. The molecule has 2 N–H and O–H groups in total. The predicted octanol–water partition coefficient (Wildman–Crippen LogP) is 4.14. The summed E-state index contributed by atoms with van der Waals surface area (Å²) in [7, 11) is 0. The number of hydrogen-bond donors (Lipinski definition) is 2. The van der Waals surface area contributed by atoms with E-state index in [-0.39, 0.29) is 5.56 Å². The summed E-state index contributed by atoms with van der Waals surface area (Å²) in [6.45, 7) is 7.70. The van der Waals surface area contributed by atoms with Gasteiger partial charge in [0.15, 0.2) is 0 Å². The van der Waals surface area contributed by atoms with Crippen LogP contribution >= 0.6 is 11.8 Å². The Labute approximate surface area is 159 Å². The summed E-state index contributed by atoms with van der Waals surface area (Å²) in [5, 5.41) is 3.73. The molecule has 1 aromatic carbocycles. The topological polar surface area (TPSA) is 61.0 Å². The number of H-pyrrole nitrogens is 1. The van der Waals surface area contributed by atoms with Crippen LogP contribution in [-0.4, -0.2) is 33.2 Å². The van der Waals surface area contributed by atoms with Crippen LogP contribution in [0.1, 0.15) is 44.4 Å². The van der Waals surface area contributed by atoms with Crippen molar-refractivity contribution in [3.63, 3.8) is 0 Å². The second-order valence-corrected chi connectivity index (χ2v) is 8.67. The van der Waals surface area contributed by atoms with Gasteiger partial charge < -0.3 is 5.32 Å². The molecule has 1 fully saturated rings. The number of thioether (sulfide) groups is 1. The number of hydrogen-bond acceptors (Lipinski definition) is 5. The van der Waals surface area contributed by atoms with E-state index in [1.54, 1.807) is 17.8 Å². The van der Waals surface area contributed by atoms with Crippen LogP contribution in [0.15, 0.2) is 35.1 Å². The van der Waals surface area contributed by atoms with Crippen molar-refractivity contribution in [2.45, 2.75) is 50.7 Å². The lowest BCUT2D eigenvalue weighted by molar-refractivity contribution is 0.221. The molecule has 0 aliphatic carbocycles. The average Bonchev–Trinajstić information content (AvgIpc) is 2.62. The van der Waals surface area contributed by atoms with E-state index in [1.807, 2.05) is 0 Å². The number of aromatic nitrogens is 2. The molecular formula is C20H28N4OS. The monoisotopic (exact) mass is 372 g/mol. The molecule has 3 rings (SSSR count). The van der Waals surface area contributed by atoms with E-state index in [2.05, 4.69) is 58.3 Å². The van der Waals surface area contributed by atoms with Crippen molar-refractivity contribution in [1.82, 2.24) is 14.9 Å². The molecule has 6 heteroatoms. The molecule has 140 valence electrons. The van der Waals surface area contributed by atoms with Gasteiger partial charge in [0.1, 0.15) is 0 Å². The Balaban J connectivity index is 1.62. The van der Waals surface area contributed by atoms with Crippen molar-refractivity contribution in [1.29, 1.82) is 0 Å². The first-order chi connectivity index (χ1) is 12.6. The first kappa shape index (κ1) is 19.0. The molecule has 1 aliphatic heterocycles. The largest absolute Gasteiger partial charge is 0.326 e. The highest BCUT2D eigenvalue weighted by molar-refractivity contribution is 7.99. The molecule has 0 amide bonds. The molecule has 0 radical (unpaired) electrons. The maximum absolute atomic E-state index is 11.9. The highest BCUT2D eigenvalue weighted by Gasteiger charge is 2.10. The van der Waals surface area contributed by atoms with Crippen LogP contribution in [0.25, 0.3) is 0 Å². The van der Waals surface area contributed by atoms with Crippen LogP contribution in [-0.2, 0) is 12.3 Å². The van der Waals surface area contributed by atoms with E-state index in [1.165, 1.54) is 37.9 Å². The van der Waals surface area contributed by atoms with Gasteiger partial charge in [0.05, 0.1) is 5.69 Å². The highest BCUT2D eigenvalue weighted by Crippen LogP contribution is 2.18. The fraction of sp³-hybridized carbons (Fsp3) is 0.500. The van der Waals surface area contributed by atoms with E-state index in [9.17, 15) is 4.79 Å². The number of piperidine rings is 1. The second kappa shape index (κ2) is 9.24. The Hall–Kier alpha value is -1.79. The molecule has 0 atom stereocenters. The van der Waals surface area contributed by atoms with Gasteiger partial charge in [-0.3, -0.25) is 14.7 Å². The molecule has 26 heavy (non-hydrogen) atoms. The smallest absolute Gasteiger partial charge is 0.252 e. The quantitative estimate of drug-likeness (QED) is 0.765. The molecule has 2 heterocycles. The third-order valence-corrected chi connectivity index (χ3v) is 5.56. The summed E-state index contributed by atoms with van der Waals surface area (Å²) in [5.74, 6) is 1.24. The Morgan fingerprint density at radius 2 is 1.92 bits per heavy atom. The van der Waals surface area contributed by atoms with Crippen LogP contribution in [0.5, 0.6) is 0 Å². The molecule has 0 bridgehead atoms. The van der Waals surface area contributed by atoms with Crippen LogP contribution in [0.4, 0.5) is 11.6 Å².